The second-order valence-corrected chi connectivity index (χ2v) is 8.49. The van der Waals surface area contributed by atoms with Gasteiger partial charge in [0.2, 0.25) is 5.91 Å². The van der Waals surface area contributed by atoms with Crippen LogP contribution in [-0.4, -0.2) is 16.3 Å². The molecule has 0 bridgehead atoms. The highest BCUT2D eigenvalue weighted by Crippen LogP contribution is 2.39. The summed E-state index contributed by atoms with van der Waals surface area (Å²) in [5, 5.41) is 9.68. The Labute approximate surface area is 147 Å². The number of fused-ring (bicyclic) bond motifs is 1. The number of rotatable bonds is 6. The lowest BCUT2D eigenvalue weighted by atomic mass is 10.1. The van der Waals surface area contributed by atoms with Gasteiger partial charge < -0.3 is 10.6 Å². The monoisotopic (exact) mass is 365 g/mol. The molecule has 1 unspecified atom stereocenters. The second-order valence-electron chi connectivity index (χ2n) is 5.58. The smallest absolute Gasteiger partial charge is 0.217 e. The number of anilines is 1. The Hall–Kier alpha value is -1.44. The van der Waals surface area contributed by atoms with Crippen LogP contribution in [0.5, 0.6) is 0 Å². The number of amides is 1. The lowest BCUT2D eigenvalue weighted by molar-refractivity contribution is -0.119. The number of hydrogen-bond donors (Lipinski definition) is 2. The summed E-state index contributed by atoms with van der Waals surface area (Å²) in [6.45, 7) is 6.56. The van der Waals surface area contributed by atoms with Crippen LogP contribution in [0.2, 0.25) is 0 Å². The van der Waals surface area contributed by atoms with Crippen LogP contribution in [0.1, 0.15) is 29.2 Å². The van der Waals surface area contributed by atoms with Gasteiger partial charge in [-0.15, -0.1) is 22.7 Å². The first-order chi connectivity index (χ1) is 11.0. The molecular formula is C16H19N3OS3. The number of carbonyl (C=O) groups is 1. The third-order valence-corrected chi connectivity index (χ3v) is 6.72. The van der Waals surface area contributed by atoms with Crippen LogP contribution >= 0.6 is 34.2 Å². The van der Waals surface area contributed by atoms with E-state index >= 15 is 0 Å². The maximum atomic E-state index is 11.2. The highest BCUT2D eigenvalue weighted by molar-refractivity contribution is 7.24. The summed E-state index contributed by atoms with van der Waals surface area (Å²) in [5.41, 5.74) is 2.33. The summed E-state index contributed by atoms with van der Waals surface area (Å²) in [5.74, 6) is 0.0179. The third-order valence-electron chi connectivity index (χ3n) is 3.59. The van der Waals surface area contributed by atoms with E-state index in [1.54, 1.807) is 29.6 Å². The summed E-state index contributed by atoms with van der Waals surface area (Å²) in [6, 6.07) is 4.34. The molecule has 0 aliphatic heterocycles. The topological polar surface area (TPSA) is 54.0 Å². The lowest BCUT2D eigenvalue weighted by Gasteiger charge is -2.11. The summed E-state index contributed by atoms with van der Waals surface area (Å²) in [7, 11) is 0. The van der Waals surface area contributed by atoms with E-state index in [1.807, 2.05) is 6.92 Å². The minimum absolute atomic E-state index is 0.0179. The standard InChI is InChI=1S/C16H19N3OS3/c1-9(18-11(3)20)7-13-10(2)14-15(22-13)16(23-19-14)17-8-12-5-4-6-21-12/h4-6,9,17H,7-8H2,1-3H3,(H,18,20). The van der Waals surface area contributed by atoms with Crippen molar-refractivity contribution in [3.63, 3.8) is 0 Å². The molecule has 0 saturated heterocycles. The van der Waals surface area contributed by atoms with Crippen molar-refractivity contribution in [3.8, 4) is 0 Å². The van der Waals surface area contributed by atoms with Crippen molar-refractivity contribution in [2.75, 3.05) is 5.32 Å². The molecule has 0 aliphatic rings. The Morgan fingerprint density at radius 1 is 1.43 bits per heavy atom. The second kappa shape index (κ2) is 6.98. The van der Waals surface area contributed by atoms with Gasteiger partial charge in [0.15, 0.2) is 0 Å². The van der Waals surface area contributed by atoms with E-state index in [2.05, 4.69) is 39.4 Å². The first kappa shape index (κ1) is 16.4. The van der Waals surface area contributed by atoms with Crippen LogP contribution in [0.3, 0.4) is 0 Å². The number of carbonyl (C=O) groups excluding carboxylic acids is 1. The fourth-order valence-corrected chi connectivity index (χ4v) is 5.47. The zero-order valence-electron chi connectivity index (χ0n) is 13.3. The molecule has 2 N–H and O–H groups in total. The number of hydrogen-bond acceptors (Lipinski definition) is 6. The molecule has 0 fully saturated rings. The van der Waals surface area contributed by atoms with E-state index in [1.165, 1.54) is 31.6 Å². The molecule has 7 heteroatoms. The molecule has 3 heterocycles. The third kappa shape index (κ3) is 3.73. The highest BCUT2D eigenvalue weighted by atomic mass is 32.1. The number of aromatic nitrogens is 1. The Morgan fingerprint density at radius 2 is 2.26 bits per heavy atom. The van der Waals surface area contributed by atoms with E-state index in [4.69, 9.17) is 0 Å². The van der Waals surface area contributed by atoms with Gasteiger partial charge in [0.1, 0.15) is 10.5 Å². The van der Waals surface area contributed by atoms with E-state index in [0.717, 1.165) is 23.5 Å². The molecule has 3 rings (SSSR count). The molecule has 0 spiro atoms. The van der Waals surface area contributed by atoms with Crippen molar-refractivity contribution in [2.24, 2.45) is 0 Å². The maximum absolute atomic E-state index is 11.2. The Morgan fingerprint density at radius 3 is 2.96 bits per heavy atom. The number of aryl methyl sites for hydroxylation is 1. The summed E-state index contributed by atoms with van der Waals surface area (Å²) < 4.78 is 5.84. The van der Waals surface area contributed by atoms with Gasteiger partial charge in [-0.25, -0.2) is 0 Å². The highest BCUT2D eigenvalue weighted by Gasteiger charge is 2.17. The van der Waals surface area contributed by atoms with Crippen LogP contribution in [-0.2, 0) is 17.8 Å². The largest absolute Gasteiger partial charge is 0.370 e. The molecule has 0 aromatic carbocycles. The summed E-state index contributed by atoms with van der Waals surface area (Å²) in [6.07, 6.45) is 0.849. The van der Waals surface area contributed by atoms with Crippen LogP contribution in [0, 0.1) is 6.92 Å². The molecule has 1 atom stereocenters. The zero-order chi connectivity index (χ0) is 16.4. The van der Waals surface area contributed by atoms with Crippen molar-refractivity contribution in [1.29, 1.82) is 0 Å². The van der Waals surface area contributed by atoms with Gasteiger partial charge in [0.25, 0.3) is 0 Å². The van der Waals surface area contributed by atoms with E-state index < -0.39 is 0 Å². The lowest BCUT2D eigenvalue weighted by Crippen LogP contribution is -2.31. The van der Waals surface area contributed by atoms with Gasteiger partial charge in [0, 0.05) is 29.1 Å². The minimum Gasteiger partial charge on any atom is -0.370 e. The van der Waals surface area contributed by atoms with Crippen LogP contribution in [0.4, 0.5) is 5.00 Å². The van der Waals surface area contributed by atoms with Crippen LogP contribution in [0.15, 0.2) is 17.5 Å². The predicted molar refractivity (Wildman–Crippen MR) is 101 cm³/mol. The van der Waals surface area contributed by atoms with Gasteiger partial charge in [-0.3, -0.25) is 4.79 Å². The van der Waals surface area contributed by atoms with E-state index in [9.17, 15) is 4.79 Å². The molecule has 3 aromatic rings. The molecule has 122 valence electrons. The minimum atomic E-state index is 0.0179. The fraction of sp³-hybridized carbons (Fsp3) is 0.375. The first-order valence-electron chi connectivity index (χ1n) is 7.45. The van der Waals surface area contributed by atoms with Gasteiger partial charge in [-0.1, -0.05) is 6.07 Å². The van der Waals surface area contributed by atoms with Gasteiger partial charge in [0.05, 0.1) is 11.2 Å². The summed E-state index contributed by atoms with van der Waals surface area (Å²) in [4.78, 5) is 13.8. The van der Waals surface area contributed by atoms with Gasteiger partial charge in [-0.05, 0) is 42.4 Å². The van der Waals surface area contributed by atoms with E-state index in [-0.39, 0.29) is 11.9 Å². The molecular weight excluding hydrogens is 346 g/mol. The Kier molecular flexibility index (Phi) is 4.99. The molecule has 0 radical (unpaired) electrons. The van der Waals surface area contributed by atoms with Gasteiger partial charge in [-0.2, -0.15) is 4.37 Å². The maximum Gasteiger partial charge on any atom is 0.217 e. The van der Waals surface area contributed by atoms with Crippen molar-refractivity contribution in [2.45, 2.75) is 39.8 Å². The molecule has 0 aliphatic carbocycles. The molecule has 4 nitrogen and oxygen atoms in total. The van der Waals surface area contributed by atoms with Crippen LogP contribution < -0.4 is 10.6 Å². The van der Waals surface area contributed by atoms with Crippen molar-refractivity contribution >= 4 is 55.3 Å². The Balaban J connectivity index is 1.77. The van der Waals surface area contributed by atoms with Crippen LogP contribution in [0.25, 0.3) is 10.2 Å². The average Bonchev–Trinajstić information content (AvgIpc) is 3.17. The SMILES string of the molecule is CC(=O)NC(C)Cc1sc2c(NCc3cccs3)snc2c1C. The predicted octanol–water partition coefficient (Wildman–Crippen LogP) is 4.41. The van der Waals surface area contributed by atoms with Crippen molar-refractivity contribution < 1.29 is 4.79 Å². The number of nitrogens with one attached hydrogen (secondary N) is 2. The van der Waals surface area contributed by atoms with Gasteiger partial charge >= 0.3 is 0 Å². The quantitative estimate of drug-likeness (QED) is 0.680. The van der Waals surface area contributed by atoms with Crippen molar-refractivity contribution in [3.05, 3.63) is 32.8 Å². The number of nitrogens with zero attached hydrogens (tertiary/aromatic N) is 1. The molecule has 3 aromatic heterocycles. The Bertz CT molecular complexity index is 804. The molecule has 23 heavy (non-hydrogen) atoms. The molecule has 1 amide bonds. The normalized spacial score (nSPS) is 12.5. The zero-order valence-corrected chi connectivity index (χ0v) is 15.8. The summed E-state index contributed by atoms with van der Waals surface area (Å²) >= 11 is 5.07. The van der Waals surface area contributed by atoms with E-state index in [0.29, 0.717) is 0 Å². The van der Waals surface area contributed by atoms with Crippen molar-refractivity contribution in [1.82, 2.24) is 9.69 Å². The molecule has 0 saturated carbocycles. The fourth-order valence-electron chi connectivity index (χ4n) is 2.51. The number of thiophene rings is 2. The first-order valence-corrected chi connectivity index (χ1v) is 9.92. The average molecular weight is 366 g/mol.